The molecule has 1 atom stereocenters. The standard InChI is InChI=1S/C13H17BrO3.H2S/c1-9(15)4-3-5-10-6-7-11(8-12(10)14)13(16)17-2;/h6-9,15H,3-5H2,1-2H3;1H2/t9-;/m0./s1. The van der Waals surface area contributed by atoms with Crippen molar-refractivity contribution >= 4 is 35.4 Å². The molecular formula is C13H19BrO3S. The number of benzene rings is 1. The Morgan fingerprint density at radius 3 is 2.67 bits per heavy atom. The molecule has 1 aromatic rings. The molecule has 0 aliphatic carbocycles. The molecule has 1 N–H and O–H groups in total. The van der Waals surface area contributed by atoms with Crippen LogP contribution >= 0.6 is 29.4 Å². The van der Waals surface area contributed by atoms with Crippen LogP contribution in [0, 0.1) is 0 Å². The topological polar surface area (TPSA) is 46.5 Å². The number of aryl methyl sites for hydroxylation is 1. The maximum atomic E-state index is 11.3. The van der Waals surface area contributed by atoms with E-state index in [1.54, 1.807) is 19.1 Å². The largest absolute Gasteiger partial charge is 0.465 e. The molecule has 5 heteroatoms. The van der Waals surface area contributed by atoms with Gasteiger partial charge in [0.05, 0.1) is 18.8 Å². The minimum atomic E-state index is -0.332. The number of aliphatic hydroxyl groups is 1. The highest BCUT2D eigenvalue weighted by molar-refractivity contribution is 9.10. The lowest BCUT2D eigenvalue weighted by Gasteiger charge is -2.07. The van der Waals surface area contributed by atoms with Crippen LogP contribution in [-0.4, -0.2) is 24.3 Å². The molecule has 18 heavy (non-hydrogen) atoms. The van der Waals surface area contributed by atoms with E-state index >= 15 is 0 Å². The number of carbonyl (C=O) groups is 1. The van der Waals surface area contributed by atoms with E-state index in [0.717, 1.165) is 29.3 Å². The zero-order chi connectivity index (χ0) is 12.8. The van der Waals surface area contributed by atoms with Crippen LogP contribution in [0.5, 0.6) is 0 Å². The van der Waals surface area contributed by atoms with Gasteiger partial charge in [-0.3, -0.25) is 0 Å². The van der Waals surface area contributed by atoms with E-state index in [0.29, 0.717) is 5.56 Å². The summed E-state index contributed by atoms with van der Waals surface area (Å²) in [5.41, 5.74) is 1.68. The molecule has 0 fully saturated rings. The van der Waals surface area contributed by atoms with Gasteiger partial charge in [0, 0.05) is 4.47 Å². The van der Waals surface area contributed by atoms with Gasteiger partial charge in [0.25, 0.3) is 0 Å². The predicted octanol–water partition coefficient (Wildman–Crippen LogP) is 3.05. The molecule has 102 valence electrons. The highest BCUT2D eigenvalue weighted by atomic mass is 79.9. The number of aliphatic hydroxyl groups excluding tert-OH is 1. The summed E-state index contributed by atoms with van der Waals surface area (Å²) in [5.74, 6) is -0.332. The second-order valence-electron chi connectivity index (χ2n) is 4.04. The van der Waals surface area contributed by atoms with Gasteiger partial charge in [-0.25, -0.2) is 4.79 Å². The number of carbonyl (C=O) groups excluding carboxylic acids is 1. The Morgan fingerprint density at radius 1 is 1.50 bits per heavy atom. The van der Waals surface area contributed by atoms with Gasteiger partial charge < -0.3 is 9.84 Å². The van der Waals surface area contributed by atoms with Gasteiger partial charge in [-0.2, -0.15) is 13.5 Å². The average Bonchev–Trinajstić information content (AvgIpc) is 2.29. The van der Waals surface area contributed by atoms with Crippen LogP contribution in [0.25, 0.3) is 0 Å². The van der Waals surface area contributed by atoms with E-state index < -0.39 is 0 Å². The molecule has 1 aromatic carbocycles. The van der Waals surface area contributed by atoms with Crippen LogP contribution in [0.2, 0.25) is 0 Å². The van der Waals surface area contributed by atoms with Crippen LogP contribution in [0.15, 0.2) is 22.7 Å². The summed E-state index contributed by atoms with van der Waals surface area (Å²) in [6.45, 7) is 1.79. The summed E-state index contributed by atoms with van der Waals surface area (Å²) in [4.78, 5) is 11.3. The predicted molar refractivity (Wildman–Crippen MR) is 80.5 cm³/mol. The van der Waals surface area contributed by atoms with E-state index in [4.69, 9.17) is 0 Å². The molecule has 0 aromatic heterocycles. The van der Waals surface area contributed by atoms with Crippen molar-refractivity contribution in [3.05, 3.63) is 33.8 Å². The zero-order valence-electron chi connectivity index (χ0n) is 10.6. The Bertz CT molecular complexity index is 394. The molecule has 0 saturated heterocycles. The van der Waals surface area contributed by atoms with Crippen molar-refractivity contribution in [3.63, 3.8) is 0 Å². The van der Waals surface area contributed by atoms with Gasteiger partial charge in [0.1, 0.15) is 0 Å². The maximum Gasteiger partial charge on any atom is 0.337 e. The maximum absolute atomic E-state index is 11.3. The normalized spacial score (nSPS) is 11.6. The monoisotopic (exact) mass is 334 g/mol. The number of methoxy groups -OCH3 is 1. The highest BCUT2D eigenvalue weighted by Gasteiger charge is 2.08. The molecule has 0 spiro atoms. The lowest BCUT2D eigenvalue weighted by atomic mass is 10.0. The highest BCUT2D eigenvalue weighted by Crippen LogP contribution is 2.21. The minimum Gasteiger partial charge on any atom is -0.465 e. The summed E-state index contributed by atoms with van der Waals surface area (Å²) in [7, 11) is 1.37. The summed E-state index contributed by atoms with van der Waals surface area (Å²) in [5, 5.41) is 9.18. The Balaban J connectivity index is 0.00000289. The molecule has 1 rings (SSSR count). The SMILES string of the molecule is COC(=O)c1ccc(CCC[C@H](C)O)c(Br)c1.S. The van der Waals surface area contributed by atoms with Gasteiger partial charge in [-0.05, 0) is 43.9 Å². The van der Waals surface area contributed by atoms with Crippen LogP contribution < -0.4 is 0 Å². The summed E-state index contributed by atoms with van der Waals surface area (Å²) in [6, 6.07) is 5.44. The van der Waals surface area contributed by atoms with E-state index in [-0.39, 0.29) is 25.6 Å². The second-order valence-corrected chi connectivity index (χ2v) is 4.89. The van der Waals surface area contributed by atoms with Gasteiger partial charge in [0.15, 0.2) is 0 Å². The number of ether oxygens (including phenoxy) is 1. The first kappa shape index (κ1) is 17.5. The molecule has 3 nitrogen and oxygen atoms in total. The molecule has 0 aliphatic heterocycles. The van der Waals surface area contributed by atoms with E-state index in [1.807, 2.05) is 6.07 Å². The van der Waals surface area contributed by atoms with Crippen molar-refractivity contribution in [2.45, 2.75) is 32.3 Å². The Hall–Kier alpha value is -0.520. The Kier molecular flexibility index (Phi) is 8.31. The fourth-order valence-electron chi connectivity index (χ4n) is 1.58. The van der Waals surface area contributed by atoms with Crippen LogP contribution in [0.1, 0.15) is 35.7 Å². The first-order chi connectivity index (χ1) is 8.04. The van der Waals surface area contributed by atoms with Gasteiger partial charge in [-0.1, -0.05) is 22.0 Å². The van der Waals surface area contributed by atoms with Crippen LogP contribution in [0.3, 0.4) is 0 Å². The number of esters is 1. The number of hydrogen-bond donors (Lipinski definition) is 1. The average molecular weight is 335 g/mol. The van der Waals surface area contributed by atoms with E-state index in [9.17, 15) is 9.90 Å². The van der Waals surface area contributed by atoms with Crippen LogP contribution in [0.4, 0.5) is 0 Å². The second kappa shape index (κ2) is 8.56. The first-order valence-electron chi connectivity index (χ1n) is 5.59. The third-order valence-corrected chi connectivity index (χ3v) is 3.28. The lowest BCUT2D eigenvalue weighted by Crippen LogP contribution is -2.03. The molecule has 0 heterocycles. The van der Waals surface area contributed by atoms with Gasteiger partial charge in [0.2, 0.25) is 0 Å². The van der Waals surface area contributed by atoms with Gasteiger partial charge in [-0.15, -0.1) is 0 Å². The summed E-state index contributed by atoms with van der Waals surface area (Å²) in [6.07, 6.45) is 2.33. The molecule has 0 aliphatic rings. The molecule has 0 bridgehead atoms. The van der Waals surface area contributed by atoms with Crippen molar-refractivity contribution in [1.29, 1.82) is 0 Å². The lowest BCUT2D eigenvalue weighted by molar-refractivity contribution is 0.0600. The summed E-state index contributed by atoms with van der Waals surface area (Å²) < 4.78 is 5.56. The fraction of sp³-hybridized carbons (Fsp3) is 0.462. The minimum absolute atomic E-state index is 0. The molecule has 0 saturated carbocycles. The van der Waals surface area contributed by atoms with Gasteiger partial charge >= 0.3 is 5.97 Å². The third kappa shape index (κ3) is 5.42. The van der Waals surface area contributed by atoms with Crippen molar-refractivity contribution in [2.75, 3.05) is 7.11 Å². The van der Waals surface area contributed by atoms with Crippen LogP contribution in [-0.2, 0) is 11.2 Å². The Labute approximate surface area is 123 Å². The molecule has 0 unspecified atom stereocenters. The van der Waals surface area contributed by atoms with Crippen molar-refractivity contribution in [3.8, 4) is 0 Å². The number of rotatable bonds is 5. The molecular weight excluding hydrogens is 316 g/mol. The number of hydrogen-bond acceptors (Lipinski definition) is 3. The zero-order valence-corrected chi connectivity index (χ0v) is 13.2. The van der Waals surface area contributed by atoms with E-state index in [1.165, 1.54) is 7.11 Å². The third-order valence-electron chi connectivity index (χ3n) is 2.54. The summed E-state index contributed by atoms with van der Waals surface area (Å²) >= 11 is 3.44. The van der Waals surface area contributed by atoms with Crippen molar-refractivity contribution in [2.24, 2.45) is 0 Å². The smallest absolute Gasteiger partial charge is 0.337 e. The quantitative estimate of drug-likeness (QED) is 0.842. The molecule has 0 radical (unpaired) electrons. The first-order valence-corrected chi connectivity index (χ1v) is 6.38. The van der Waals surface area contributed by atoms with Crippen molar-refractivity contribution in [1.82, 2.24) is 0 Å². The van der Waals surface area contributed by atoms with Crippen molar-refractivity contribution < 1.29 is 14.6 Å². The van der Waals surface area contributed by atoms with E-state index in [2.05, 4.69) is 20.7 Å². The fourth-order valence-corrected chi connectivity index (χ4v) is 2.16. The Morgan fingerprint density at radius 2 is 2.17 bits per heavy atom. The number of halogens is 1. The molecule has 0 amide bonds.